The quantitative estimate of drug-likeness (QED) is 0.787. The number of carbonyl (C=O) groups is 1. The minimum Gasteiger partial charge on any atom is -0.366 e. The molecule has 2 saturated heterocycles. The van der Waals surface area contributed by atoms with E-state index in [-0.39, 0.29) is 5.91 Å². The number of benzene rings is 1. The summed E-state index contributed by atoms with van der Waals surface area (Å²) in [5, 5.41) is 0. The molecule has 0 spiro atoms. The molecule has 1 unspecified atom stereocenters. The van der Waals surface area contributed by atoms with Crippen LogP contribution >= 0.6 is 11.8 Å². The summed E-state index contributed by atoms with van der Waals surface area (Å²) in [5.41, 5.74) is 0.915. The third-order valence-electron chi connectivity index (χ3n) is 4.29. The maximum atomic E-state index is 12.6. The summed E-state index contributed by atoms with van der Waals surface area (Å²) in [6, 6.07) is 6.80. The molecule has 8 heteroatoms. The van der Waals surface area contributed by atoms with Crippen molar-refractivity contribution in [3.8, 4) is 0 Å². The van der Waals surface area contributed by atoms with E-state index in [1.54, 1.807) is 24.3 Å². The molecule has 2 aliphatic rings. The molecular formula is C16H22N2O4S2. The zero-order valence-electron chi connectivity index (χ0n) is 13.7. The molecule has 0 aromatic heterocycles. The van der Waals surface area contributed by atoms with Crippen molar-refractivity contribution in [2.75, 3.05) is 55.4 Å². The van der Waals surface area contributed by atoms with Crippen molar-refractivity contribution in [2.45, 2.75) is 11.0 Å². The fourth-order valence-corrected chi connectivity index (χ4v) is 4.46. The molecule has 1 atom stereocenters. The number of rotatable bonds is 3. The molecule has 0 bridgehead atoms. The lowest BCUT2D eigenvalue weighted by Gasteiger charge is -2.37. The lowest BCUT2D eigenvalue weighted by Crippen LogP contribution is -2.52. The van der Waals surface area contributed by atoms with Crippen LogP contribution in [-0.2, 0) is 19.4 Å². The Morgan fingerprint density at radius 2 is 1.83 bits per heavy atom. The molecule has 2 fully saturated rings. The minimum atomic E-state index is -3.20. The molecule has 3 rings (SSSR count). The Morgan fingerprint density at radius 1 is 1.17 bits per heavy atom. The van der Waals surface area contributed by atoms with E-state index in [9.17, 15) is 13.2 Å². The fraction of sp³-hybridized carbons (Fsp3) is 0.562. The Balaban J connectivity index is 1.67. The molecule has 1 aromatic carbocycles. The summed E-state index contributed by atoms with van der Waals surface area (Å²) < 4.78 is 28.8. The lowest BCUT2D eigenvalue weighted by atomic mass is 10.2. The van der Waals surface area contributed by atoms with Gasteiger partial charge in [-0.25, -0.2) is 8.42 Å². The highest BCUT2D eigenvalue weighted by Crippen LogP contribution is 2.21. The van der Waals surface area contributed by atoms with Crippen LogP contribution in [0.15, 0.2) is 29.2 Å². The van der Waals surface area contributed by atoms with Gasteiger partial charge in [0.2, 0.25) is 0 Å². The summed E-state index contributed by atoms with van der Waals surface area (Å²) in [4.78, 5) is 16.9. The van der Waals surface area contributed by atoms with Crippen molar-refractivity contribution in [2.24, 2.45) is 0 Å². The van der Waals surface area contributed by atoms with Gasteiger partial charge in [0.15, 0.2) is 15.9 Å². The highest BCUT2D eigenvalue weighted by molar-refractivity contribution is 7.99. The minimum absolute atomic E-state index is 0.0627. The first-order valence-corrected chi connectivity index (χ1v) is 11.0. The van der Waals surface area contributed by atoms with Crippen molar-refractivity contribution < 1.29 is 17.9 Å². The van der Waals surface area contributed by atoms with Crippen LogP contribution in [-0.4, -0.2) is 75.9 Å². The predicted octanol–water partition coefficient (Wildman–Crippen LogP) is 0.871. The average Bonchev–Trinajstić information content (AvgIpc) is 2.61. The first-order chi connectivity index (χ1) is 11.4. The smallest absolute Gasteiger partial charge is 0.253 e. The van der Waals surface area contributed by atoms with Gasteiger partial charge in [-0.3, -0.25) is 4.79 Å². The second-order valence-electron chi connectivity index (χ2n) is 6.01. The van der Waals surface area contributed by atoms with E-state index in [0.717, 1.165) is 30.3 Å². The van der Waals surface area contributed by atoms with Crippen LogP contribution in [0.5, 0.6) is 0 Å². The van der Waals surface area contributed by atoms with E-state index in [4.69, 9.17) is 4.74 Å². The predicted molar refractivity (Wildman–Crippen MR) is 95.4 cm³/mol. The number of sulfone groups is 1. The van der Waals surface area contributed by atoms with Gasteiger partial charge in [0.1, 0.15) is 0 Å². The van der Waals surface area contributed by atoms with Crippen LogP contribution < -0.4 is 4.90 Å². The topological polar surface area (TPSA) is 66.9 Å². The normalized spacial score (nSPS) is 22.5. The molecule has 2 heterocycles. The summed E-state index contributed by atoms with van der Waals surface area (Å²) in [6.45, 7) is 3.25. The Kier molecular flexibility index (Phi) is 5.36. The van der Waals surface area contributed by atoms with Crippen molar-refractivity contribution in [3.05, 3.63) is 24.3 Å². The number of hydrogen-bond donors (Lipinski definition) is 0. The van der Waals surface area contributed by atoms with Crippen molar-refractivity contribution >= 4 is 33.2 Å². The Morgan fingerprint density at radius 3 is 2.46 bits per heavy atom. The number of hydrogen-bond acceptors (Lipinski definition) is 6. The Labute approximate surface area is 147 Å². The molecule has 0 radical (unpaired) electrons. The van der Waals surface area contributed by atoms with E-state index < -0.39 is 15.9 Å². The van der Waals surface area contributed by atoms with E-state index in [0.29, 0.717) is 24.6 Å². The van der Waals surface area contributed by atoms with Gasteiger partial charge >= 0.3 is 0 Å². The third kappa shape index (κ3) is 4.04. The van der Waals surface area contributed by atoms with Crippen molar-refractivity contribution in [1.29, 1.82) is 0 Å². The molecule has 0 aliphatic carbocycles. The Bertz CT molecular complexity index is 685. The van der Waals surface area contributed by atoms with Gasteiger partial charge < -0.3 is 14.5 Å². The number of morpholine rings is 1. The summed E-state index contributed by atoms with van der Waals surface area (Å²) >= 11 is 1.87. The molecule has 24 heavy (non-hydrogen) atoms. The van der Waals surface area contributed by atoms with Crippen LogP contribution in [0.3, 0.4) is 0 Å². The standard InChI is InChI=1S/C16H22N2O4S2/c1-24(20,21)14-4-2-13(3-5-14)18-6-9-22-15(12-18)16(19)17-7-10-23-11-8-17/h2-5,15H,6-12H2,1H3. The van der Waals surface area contributed by atoms with Crippen LogP contribution in [0.2, 0.25) is 0 Å². The summed E-state index contributed by atoms with van der Waals surface area (Å²) in [5.74, 6) is 2.03. The molecule has 0 saturated carbocycles. The van der Waals surface area contributed by atoms with Gasteiger partial charge in [-0.1, -0.05) is 0 Å². The number of carbonyl (C=O) groups excluding carboxylic acids is 1. The highest BCUT2D eigenvalue weighted by Gasteiger charge is 2.31. The number of anilines is 1. The maximum Gasteiger partial charge on any atom is 0.253 e. The van der Waals surface area contributed by atoms with Crippen LogP contribution in [0, 0.1) is 0 Å². The molecule has 1 amide bonds. The Hall–Kier alpha value is -1.25. The van der Waals surface area contributed by atoms with Crippen LogP contribution in [0.4, 0.5) is 5.69 Å². The van der Waals surface area contributed by atoms with Crippen LogP contribution in [0.25, 0.3) is 0 Å². The first-order valence-electron chi connectivity index (χ1n) is 7.98. The zero-order chi connectivity index (χ0) is 17.2. The molecule has 1 aromatic rings. The maximum absolute atomic E-state index is 12.6. The molecule has 6 nitrogen and oxygen atoms in total. The van der Waals surface area contributed by atoms with Crippen LogP contribution in [0.1, 0.15) is 0 Å². The van der Waals surface area contributed by atoms with E-state index >= 15 is 0 Å². The lowest BCUT2D eigenvalue weighted by molar-refractivity contribution is -0.144. The van der Waals surface area contributed by atoms with E-state index in [1.807, 2.05) is 16.7 Å². The largest absolute Gasteiger partial charge is 0.366 e. The SMILES string of the molecule is CS(=O)(=O)c1ccc(N2CCOC(C(=O)N3CCSCC3)C2)cc1. The van der Waals surface area contributed by atoms with Gasteiger partial charge in [-0.2, -0.15) is 11.8 Å². The monoisotopic (exact) mass is 370 g/mol. The van der Waals surface area contributed by atoms with Crippen molar-refractivity contribution in [3.63, 3.8) is 0 Å². The number of thioether (sulfide) groups is 1. The van der Waals surface area contributed by atoms with E-state index in [1.165, 1.54) is 6.26 Å². The van der Waals surface area contributed by atoms with Gasteiger partial charge in [0, 0.05) is 43.1 Å². The molecular weight excluding hydrogens is 348 g/mol. The fourth-order valence-electron chi connectivity index (χ4n) is 2.92. The second-order valence-corrected chi connectivity index (χ2v) is 9.25. The van der Waals surface area contributed by atoms with E-state index in [2.05, 4.69) is 4.90 Å². The van der Waals surface area contributed by atoms with Gasteiger partial charge in [0.05, 0.1) is 18.0 Å². The molecule has 0 N–H and O–H groups in total. The van der Waals surface area contributed by atoms with Gasteiger partial charge in [-0.15, -0.1) is 0 Å². The summed E-state index contributed by atoms with van der Waals surface area (Å²) in [6.07, 6.45) is 0.749. The second kappa shape index (κ2) is 7.33. The van der Waals surface area contributed by atoms with Crippen molar-refractivity contribution in [1.82, 2.24) is 4.90 Å². The zero-order valence-corrected chi connectivity index (χ0v) is 15.3. The third-order valence-corrected chi connectivity index (χ3v) is 6.37. The number of ether oxygens (including phenoxy) is 1. The average molecular weight is 370 g/mol. The first kappa shape index (κ1) is 17.6. The molecule has 132 valence electrons. The van der Waals surface area contributed by atoms with Gasteiger partial charge in [0.25, 0.3) is 5.91 Å². The van der Waals surface area contributed by atoms with Gasteiger partial charge in [-0.05, 0) is 24.3 Å². The number of nitrogens with zero attached hydrogens (tertiary/aromatic N) is 2. The molecule has 2 aliphatic heterocycles. The summed E-state index contributed by atoms with van der Waals surface area (Å²) in [7, 11) is -3.20. The number of amides is 1. The highest BCUT2D eigenvalue weighted by atomic mass is 32.2.